The highest BCUT2D eigenvalue weighted by molar-refractivity contribution is 7.19. The van der Waals surface area contributed by atoms with E-state index >= 15 is 26.3 Å². The number of hydrogen-bond acceptors (Lipinski definition) is 8. The van der Waals surface area contributed by atoms with Crippen molar-refractivity contribution >= 4 is 65.4 Å². The molecule has 2 heterocycles. The Morgan fingerprint density at radius 3 is 1.39 bits per heavy atom. The van der Waals surface area contributed by atoms with Crippen LogP contribution in [-0.4, -0.2) is 41.8 Å². The number of nitro groups is 2. The largest absolute Gasteiger partial charge is 0.380 e. The van der Waals surface area contributed by atoms with E-state index in [1.165, 1.54) is 14.2 Å². The molecule has 0 unspecified atom stereocenters. The van der Waals surface area contributed by atoms with Gasteiger partial charge in [0.15, 0.2) is 0 Å². The maximum absolute atomic E-state index is 15.8. The Labute approximate surface area is 233 Å². The lowest BCUT2D eigenvalue weighted by Crippen LogP contribution is -2.49. The fourth-order valence-electron chi connectivity index (χ4n) is 4.90. The molecular weight excluding hydrogens is 602 g/mol. The second-order valence-corrected chi connectivity index (χ2v) is 11.3. The van der Waals surface area contributed by atoms with Crippen LogP contribution in [0.5, 0.6) is 0 Å². The minimum Gasteiger partial charge on any atom is -0.379 e. The molecule has 0 atom stereocenters. The molecule has 0 aliphatic heterocycles. The summed E-state index contributed by atoms with van der Waals surface area (Å²) in [5.74, 6) is -16.7. The van der Waals surface area contributed by atoms with Gasteiger partial charge in [0.1, 0.15) is 0 Å². The molecule has 0 radical (unpaired) electrons. The van der Waals surface area contributed by atoms with Crippen LogP contribution in [0.3, 0.4) is 0 Å². The van der Waals surface area contributed by atoms with Gasteiger partial charge in [0.2, 0.25) is 0 Å². The number of alkyl halides is 6. The highest BCUT2D eigenvalue weighted by Crippen LogP contribution is 2.67. The summed E-state index contributed by atoms with van der Waals surface area (Å²) in [6.07, 6.45) is 0. The third-order valence-electron chi connectivity index (χ3n) is 6.63. The molecule has 16 heteroatoms. The van der Waals surface area contributed by atoms with E-state index in [2.05, 4.69) is 0 Å². The van der Waals surface area contributed by atoms with Crippen molar-refractivity contribution in [2.45, 2.75) is 31.0 Å². The number of nitrogens with zero attached hydrogens (tertiary/aromatic N) is 2. The number of halogens is 6. The Hall–Kier alpha value is -3.60. The average molecular weight is 619 g/mol. The lowest BCUT2D eigenvalue weighted by atomic mass is 9.91. The summed E-state index contributed by atoms with van der Waals surface area (Å²) >= 11 is 1.41. The molecule has 2 aromatic carbocycles. The summed E-state index contributed by atoms with van der Waals surface area (Å²) in [6, 6.07) is 6.05. The minimum atomic E-state index is -5.89. The van der Waals surface area contributed by atoms with E-state index in [1.54, 1.807) is 0 Å². The molecule has 1 aliphatic rings. The summed E-state index contributed by atoms with van der Waals surface area (Å²) in [6.45, 7) is -0.901. The zero-order valence-electron chi connectivity index (χ0n) is 20.8. The Morgan fingerprint density at radius 1 is 0.707 bits per heavy atom. The van der Waals surface area contributed by atoms with E-state index in [0.717, 1.165) is 36.4 Å². The van der Waals surface area contributed by atoms with Gasteiger partial charge in [-0.1, -0.05) is 0 Å². The van der Waals surface area contributed by atoms with Crippen LogP contribution in [0.15, 0.2) is 36.4 Å². The summed E-state index contributed by atoms with van der Waals surface area (Å²) in [5.41, 5.74) is -5.47. The number of nitro benzene ring substituents is 2. The number of methoxy groups -OCH3 is 2. The molecule has 5 rings (SSSR count). The Bertz CT molecular complexity index is 1660. The summed E-state index contributed by atoms with van der Waals surface area (Å²) in [5, 5.41) is 22.2. The summed E-state index contributed by atoms with van der Waals surface area (Å²) in [4.78, 5) is 20.8. The van der Waals surface area contributed by atoms with Crippen LogP contribution in [0.2, 0.25) is 0 Å². The lowest BCUT2D eigenvalue weighted by molar-refractivity contribution is -0.384. The number of non-ortho nitro benzene ring substituents is 2. The molecule has 0 fully saturated rings. The first-order chi connectivity index (χ1) is 19.2. The molecule has 0 saturated heterocycles. The van der Waals surface area contributed by atoms with Gasteiger partial charge in [0.05, 0.1) is 23.1 Å². The van der Waals surface area contributed by atoms with Crippen molar-refractivity contribution in [1.29, 1.82) is 0 Å². The van der Waals surface area contributed by atoms with Gasteiger partial charge in [-0.2, -0.15) is 26.3 Å². The molecule has 4 aromatic rings. The van der Waals surface area contributed by atoms with Crippen LogP contribution in [0.25, 0.3) is 31.3 Å². The molecule has 0 spiro atoms. The first-order valence-corrected chi connectivity index (χ1v) is 13.1. The molecule has 41 heavy (non-hydrogen) atoms. The minimum absolute atomic E-state index is 0.0188. The van der Waals surface area contributed by atoms with Crippen molar-refractivity contribution in [2.24, 2.45) is 0 Å². The van der Waals surface area contributed by atoms with E-state index in [9.17, 15) is 20.2 Å². The fraction of sp³-hybridized carbons (Fsp3) is 0.280. The van der Waals surface area contributed by atoms with Crippen molar-refractivity contribution in [3.8, 4) is 0 Å². The first kappa shape index (κ1) is 28.9. The molecule has 8 nitrogen and oxygen atoms in total. The SMILES string of the molecule is COCc1sc2cc([N+](=O)[O-])ccc2c1C1=C(c2c(COC)sc3cc([N+](=O)[O-])ccc23)C(F)(F)C(F)(F)C1(F)F. The van der Waals surface area contributed by atoms with E-state index in [1.807, 2.05) is 0 Å². The molecule has 0 saturated carbocycles. The first-order valence-electron chi connectivity index (χ1n) is 11.5. The molecule has 2 aromatic heterocycles. The number of rotatable bonds is 8. The van der Waals surface area contributed by atoms with Gasteiger partial charge < -0.3 is 9.47 Å². The Morgan fingerprint density at radius 2 is 1.07 bits per heavy atom. The predicted molar refractivity (Wildman–Crippen MR) is 140 cm³/mol. The van der Waals surface area contributed by atoms with Crippen molar-refractivity contribution < 1.29 is 45.7 Å². The van der Waals surface area contributed by atoms with E-state index < -0.39 is 74.5 Å². The Balaban J connectivity index is 1.97. The number of thiophene rings is 2. The molecule has 0 amide bonds. The lowest BCUT2D eigenvalue weighted by Gasteiger charge is -2.26. The normalized spacial score (nSPS) is 17.6. The van der Waals surface area contributed by atoms with Gasteiger partial charge in [-0.05, 0) is 12.1 Å². The quantitative estimate of drug-likeness (QED) is 0.112. The maximum Gasteiger partial charge on any atom is 0.380 e. The van der Waals surface area contributed by atoms with Crippen LogP contribution in [0, 0.1) is 20.2 Å². The van der Waals surface area contributed by atoms with Crippen molar-refractivity contribution in [1.82, 2.24) is 0 Å². The van der Waals surface area contributed by atoms with Gasteiger partial charge in [-0.25, -0.2) is 0 Å². The zero-order valence-corrected chi connectivity index (χ0v) is 22.4. The third-order valence-corrected chi connectivity index (χ3v) is 8.88. The zero-order chi connectivity index (χ0) is 30.1. The number of hydrogen-bond donors (Lipinski definition) is 0. The Kier molecular flexibility index (Phi) is 6.88. The monoisotopic (exact) mass is 618 g/mol. The van der Waals surface area contributed by atoms with E-state index in [0.29, 0.717) is 22.7 Å². The molecule has 216 valence electrons. The smallest absolute Gasteiger partial charge is 0.379 e. The van der Waals surface area contributed by atoms with Crippen LogP contribution in [0.4, 0.5) is 37.7 Å². The van der Waals surface area contributed by atoms with Gasteiger partial charge in [-0.15, -0.1) is 22.7 Å². The predicted octanol–water partition coefficient (Wildman–Crippen LogP) is 8.06. The molecule has 1 aliphatic carbocycles. The van der Waals surface area contributed by atoms with Gasteiger partial charge in [0.25, 0.3) is 11.4 Å². The van der Waals surface area contributed by atoms with E-state index in [4.69, 9.17) is 9.47 Å². The summed E-state index contributed by atoms with van der Waals surface area (Å²) < 4.78 is 104. The highest BCUT2D eigenvalue weighted by atomic mass is 32.1. The van der Waals surface area contributed by atoms with Crippen LogP contribution in [-0.2, 0) is 22.7 Å². The van der Waals surface area contributed by atoms with Crippen molar-refractivity contribution in [3.05, 3.63) is 77.5 Å². The number of benzene rings is 2. The topological polar surface area (TPSA) is 105 Å². The second-order valence-electron chi connectivity index (χ2n) is 9.01. The third kappa shape index (κ3) is 4.11. The number of allylic oxidation sites excluding steroid dienone is 2. The number of ether oxygens (including phenoxy) is 2. The second kappa shape index (κ2) is 9.75. The molecule has 0 N–H and O–H groups in total. The summed E-state index contributed by atoms with van der Waals surface area (Å²) in [7, 11) is 2.36. The molecule has 0 bridgehead atoms. The van der Waals surface area contributed by atoms with Crippen LogP contribution >= 0.6 is 22.7 Å². The van der Waals surface area contributed by atoms with Crippen molar-refractivity contribution in [2.75, 3.05) is 14.2 Å². The van der Waals surface area contributed by atoms with Crippen LogP contribution < -0.4 is 0 Å². The van der Waals surface area contributed by atoms with Crippen LogP contribution in [0.1, 0.15) is 20.9 Å². The van der Waals surface area contributed by atoms with Gasteiger partial charge >= 0.3 is 17.8 Å². The number of fused-ring (bicyclic) bond motifs is 2. The standard InChI is InChI=1S/C25H16F6N2O6S2/c1-38-9-17-19(13-5-3-11(32(34)35)7-15(13)40-17)21-22(24(28,29)25(30,31)23(21,26)27)20-14-6-4-12(33(36)37)8-16(14)41-18(20)10-39-2/h3-8H,9-10H2,1-2H3. The van der Waals surface area contributed by atoms with Crippen molar-refractivity contribution in [3.63, 3.8) is 0 Å². The fourth-order valence-corrected chi connectivity index (χ4v) is 7.33. The average Bonchev–Trinajstić information content (AvgIpc) is 3.45. The molecular formula is C25H16F6N2O6S2. The maximum atomic E-state index is 15.8. The highest BCUT2D eigenvalue weighted by Gasteiger charge is 2.80. The van der Waals surface area contributed by atoms with E-state index in [-0.39, 0.29) is 29.9 Å². The van der Waals surface area contributed by atoms with Gasteiger partial charge in [-0.3, -0.25) is 20.2 Å². The van der Waals surface area contributed by atoms with Gasteiger partial charge in [0, 0.05) is 90.7 Å².